The standard InChI is InChI=1S/C12H23N3O2/c1-9(2)5-8-15(10-3-4-10)12(17)11(16)14-7-6-13/h9-10H,3-8,13H2,1-2H3,(H,14,16). The van der Waals surface area contributed by atoms with Crippen LogP contribution in [0.15, 0.2) is 0 Å². The maximum Gasteiger partial charge on any atom is 0.312 e. The van der Waals surface area contributed by atoms with Crippen molar-refractivity contribution in [2.24, 2.45) is 11.7 Å². The smallest absolute Gasteiger partial charge is 0.312 e. The predicted molar refractivity (Wildman–Crippen MR) is 66.3 cm³/mol. The predicted octanol–water partition coefficient (Wildman–Crippen LogP) is 0.0984. The van der Waals surface area contributed by atoms with Gasteiger partial charge in [-0.05, 0) is 25.2 Å². The lowest BCUT2D eigenvalue weighted by molar-refractivity contribution is -0.146. The van der Waals surface area contributed by atoms with Crippen LogP contribution < -0.4 is 11.1 Å². The molecule has 0 aromatic rings. The van der Waals surface area contributed by atoms with Gasteiger partial charge in [0.2, 0.25) is 0 Å². The molecule has 17 heavy (non-hydrogen) atoms. The first-order chi connectivity index (χ1) is 8.06. The number of carbonyl (C=O) groups excluding carboxylic acids is 2. The van der Waals surface area contributed by atoms with Crippen molar-refractivity contribution in [3.8, 4) is 0 Å². The second-order valence-electron chi connectivity index (χ2n) is 4.96. The van der Waals surface area contributed by atoms with Crippen molar-refractivity contribution >= 4 is 11.8 Å². The van der Waals surface area contributed by atoms with Crippen molar-refractivity contribution in [3.63, 3.8) is 0 Å². The van der Waals surface area contributed by atoms with E-state index in [4.69, 9.17) is 5.73 Å². The second kappa shape index (κ2) is 6.59. The number of rotatable bonds is 6. The zero-order chi connectivity index (χ0) is 12.8. The molecular weight excluding hydrogens is 218 g/mol. The summed E-state index contributed by atoms with van der Waals surface area (Å²) in [6, 6.07) is 0.282. The lowest BCUT2D eigenvalue weighted by atomic mass is 10.1. The molecule has 0 atom stereocenters. The summed E-state index contributed by atoms with van der Waals surface area (Å²) >= 11 is 0. The van der Waals surface area contributed by atoms with E-state index in [0.717, 1.165) is 19.3 Å². The van der Waals surface area contributed by atoms with Gasteiger partial charge in [0.25, 0.3) is 0 Å². The summed E-state index contributed by atoms with van der Waals surface area (Å²) in [4.78, 5) is 25.2. The number of hydrogen-bond acceptors (Lipinski definition) is 3. The molecule has 0 spiro atoms. The quantitative estimate of drug-likeness (QED) is 0.648. The number of carbonyl (C=O) groups is 2. The van der Waals surface area contributed by atoms with E-state index in [1.54, 1.807) is 4.90 Å². The summed E-state index contributed by atoms with van der Waals surface area (Å²) in [6.07, 6.45) is 2.98. The molecule has 1 aliphatic carbocycles. The van der Waals surface area contributed by atoms with E-state index >= 15 is 0 Å². The zero-order valence-corrected chi connectivity index (χ0v) is 10.7. The number of amides is 2. The Hall–Kier alpha value is -1.10. The highest BCUT2D eigenvalue weighted by Crippen LogP contribution is 2.27. The molecule has 0 radical (unpaired) electrons. The molecule has 98 valence electrons. The van der Waals surface area contributed by atoms with Gasteiger partial charge in [0.1, 0.15) is 0 Å². The largest absolute Gasteiger partial charge is 0.347 e. The van der Waals surface area contributed by atoms with Crippen LogP contribution in [-0.2, 0) is 9.59 Å². The minimum absolute atomic E-state index is 0.282. The molecule has 5 heteroatoms. The summed E-state index contributed by atoms with van der Waals surface area (Å²) in [5.41, 5.74) is 5.28. The van der Waals surface area contributed by atoms with E-state index in [1.165, 1.54) is 0 Å². The molecule has 1 fully saturated rings. The topological polar surface area (TPSA) is 75.4 Å². The van der Waals surface area contributed by atoms with Gasteiger partial charge in [-0.15, -0.1) is 0 Å². The molecule has 0 aromatic carbocycles. The minimum atomic E-state index is -0.522. The van der Waals surface area contributed by atoms with Crippen LogP contribution in [0.4, 0.5) is 0 Å². The van der Waals surface area contributed by atoms with Gasteiger partial charge in [-0.2, -0.15) is 0 Å². The summed E-state index contributed by atoms with van der Waals surface area (Å²) in [5.74, 6) is -0.385. The van der Waals surface area contributed by atoms with Gasteiger partial charge in [0.15, 0.2) is 0 Å². The van der Waals surface area contributed by atoms with Crippen molar-refractivity contribution in [1.29, 1.82) is 0 Å². The fourth-order valence-electron chi connectivity index (χ4n) is 1.63. The Labute approximate surface area is 103 Å². The lowest BCUT2D eigenvalue weighted by Crippen LogP contribution is -2.45. The Morgan fingerprint density at radius 2 is 2.06 bits per heavy atom. The molecule has 0 saturated heterocycles. The van der Waals surface area contributed by atoms with E-state index in [9.17, 15) is 9.59 Å². The molecule has 3 N–H and O–H groups in total. The van der Waals surface area contributed by atoms with Gasteiger partial charge in [0.05, 0.1) is 0 Å². The fourth-order valence-corrected chi connectivity index (χ4v) is 1.63. The van der Waals surface area contributed by atoms with E-state index in [1.807, 2.05) is 0 Å². The normalized spacial score (nSPS) is 14.8. The van der Waals surface area contributed by atoms with Crippen molar-refractivity contribution in [1.82, 2.24) is 10.2 Å². The van der Waals surface area contributed by atoms with E-state index in [-0.39, 0.29) is 6.04 Å². The first-order valence-electron chi connectivity index (χ1n) is 6.35. The number of hydrogen-bond donors (Lipinski definition) is 2. The number of nitrogens with two attached hydrogens (primary N) is 1. The molecule has 0 heterocycles. The second-order valence-corrected chi connectivity index (χ2v) is 4.96. The summed E-state index contributed by atoms with van der Waals surface area (Å²) in [7, 11) is 0. The highest BCUT2D eigenvalue weighted by atomic mass is 16.2. The maximum atomic E-state index is 11.9. The van der Waals surface area contributed by atoms with Crippen molar-refractivity contribution in [2.45, 2.75) is 39.2 Å². The van der Waals surface area contributed by atoms with Gasteiger partial charge in [-0.3, -0.25) is 9.59 Å². The Kier molecular flexibility index (Phi) is 5.41. The first kappa shape index (κ1) is 14.0. The van der Waals surface area contributed by atoms with Crippen LogP contribution in [0.5, 0.6) is 0 Å². The monoisotopic (exact) mass is 241 g/mol. The van der Waals surface area contributed by atoms with Crippen LogP contribution >= 0.6 is 0 Å². The first-order valence-corrected chi connectivity index (χ1v) is 6.35. The number of nitrogens with one attached hydrogen (secondary N) is 1. The van der Waals surface area contributed by atoms with Gasteiger partial charge in [-0.25, -0.2) is 0 Å². The zero-order valence-electron chi connectivity index (χ0n) is 10.7. The van der Waals surface area contributed by atoms with E-state index in [0.29, 0.717) is 25.6 Å². The summed E-state index contributed by atoms with van der Waals surface area (Å²) in [6.45, 7) is 5.62. The molecule has 0 aromatic heterocycles. The molecule has 5 nitrogen and oxygen atoms in total. The van der Waals surface area contributed by atoms with Crippen LogP contribution in [0, 0.1) is 5.92 Å². The molecule has 0 bridgehead atoms. The lowest BCUT2D eigenvalue weighted by Gasteiger charge is -2.22. The maximum absolute atomic E-state index is 11.9. The van der Waals surface area contributed by atoms with Crippen molar-refractivity contribution < 1.29 is 9.59 Å². The van der Waals surface area contributed by atoms with Gasteiger partial charge >= 0.3 is 11.8 Å². The SMILES string of the molecule is CC(C)CCN(C(=O)C(=O)NCCN)C1CC1. The van der Waals surface area contributed by atoms with Gasteiger partial charge in [0, 0.05) is 25.7 Å². The van der Waals surface area contributed by atoms with E-state index in [2.05, 4.69) is 19.2 Å². The Bertz CT molecular complexity index is 275. The molecule has 1 rings (SSSR count). The van der Waals surface area contributed by atoms with Gasteiger partial charge < -0.3 is 16.0 Å². The van der Waals surface area contributed by atoms with Crippen molar-refractivity contribution in [3.05, 3.63) is 0 Å². The Morgan fingerprint density at radius 1 is 1.41 bits per heavy atom. The molecule has 2 amide bonds. The fraction of sp³-hybridized carbons (Fsp3) is 0.833. The highest BCUT2D eigenvalue weighted by Gasteiger charge is 2.34. The number of nitrogens with zero attached hydrogens (tertiary/aromatic N) is 1. The third-order valence-corrected chi connectivity index (χ3v) is 2.82. The van der Waals surface area contributed by atoms with Crippen LogP contribution in [0.25, 0.3) is 0 Å². The summed E-state index contributed by atoms with van der Waals surface area (Å²) < 4.78 is 0. The molecule has 0 unspecified atom stereocenters. The third-order valence-electron chi connectivity index (χ3n) is 2.82. The van der Waals surface area contributed by atoms with Gasteiger partial charge in [-0.1, -0.05) is 13.8 Å². The van der Waals surface area contributed by atoms with Crippen molar-refractivity contribution in [2.75, 3.05) is 19.6 Å². The average Bonchev–Trinajstić information content (AvgIpc) is 3.09. The molecule has 1 aliphatic rings. The van der Waals surface area contributed by atoms with E-state index < -0.39 is 11.8 Å². The Morgan fingerprint density at radius 3 is 2.53 bits per heavy atom. The molecule has 1 saturated carbocycles. The third kappa shape index (κ3) is 4.73. The van der Waals surface area contributed by atoms with Crippen LogP contribution in [-0.4, -0.2) is 42.4 Å². The van der Waals surface area contributed by atoms with Crippen LogP contribution in [0.2, 0.25) is 0 Å². The average molecular weight is 241 g/mol. The van der Waals surface area contributed by atoms with Crippen LogP contribution in [0.1, 0.15) is 33.1 Å². The minimum Gasteiger partial charge on any atom is -0.347 e. The Balaban J connectivity index is 2.45. The molecule has 0 aliphatic heterocycles. The van der Waals surface area contributed by atoms with Crippen LogP contribution in [0.3, 0.4) is 0 Å². The molecular formula is C12H23N3O2. The summed E-state index contributed by atoms with van der Waals surface area (Å²) in [5, 5.41) is 2.53. The highest BCUT2D eigenvalue weighted by molar-refractivity contribution is 6.35.